The topological polar surface area (TPSA) is 31.2 Å². The Morgan fingerprint density at radius 2 is 1.86 bits per heavy atom. The van der Waals surface area contributed by atoms with E-state index in [4.69, 9.17) is 23.2 Å². The number of carbonyl (C=O) groups is 1. The summed E-state index contributed by atoms with van der Waals surface area (Å²) in [7, 11) is 1.31. The molecule has 3 rings (SSSR count). The van der Waals surface area contributed by atoms with Crippen LogP contribution in [0.5, 0.6) is 0 Å². The van der Waals surface area contributed by atoms with Gasteiger partial charge in [-0.3, -0.25) is 4.79 Å². The van der Waals surface area contributed by atoms with E-state index in [0.29, 0.717) is 29.2 Å². The third-order valence-corrected chi connectivity index (χ3v) is 4.99. The van der Waals surface area contributed by atoms with E-state index in [1.807, 2.05) is 4.57 Å². The van der Waals surface area contributed by atoms with E-state index in [2.05, 4.69) is 4.74 Å². The van der Waals surface area contributed by atoms with E-state index in [1.165, 1.54) is 13.2 Å². The first-order valence-electron chi connectivity index (χ1n) is 8.43. The van der Waals surface area contributed by atoms with Gasteiger partial charge in [0, 0.05) is 34.6 Å². The highest BCUT2D eigenvalue weighted by molar-refractivity contribution is 6.31. The molecule has 0 bridgehead atoms. The van der Waals surface area contributed by atoms with Crippen LogP contribution in [-0.2, 0) is 22.3 Å². The van der Waals surface area contributed by atoms with Crippen LogP contribution in [0.3, 0.4) is 0 Å². The normalized spacial score (nSPS) is 11.8. The number of benzene rings is 2. The molecule has 3 aromatic rings. The minimum atomic E-state index is -4.56. The Balaban J connectivity index is 2.09. The van der Waals surface area contributed by atoms with Crippen molar-refractivity contribution in [3.05, 3.63) is 58.1 Å². The molecule has 0 spiro atoms. The Hall–Kier alpha value is -2.18. The lowest BCUT2D eigenvalue weighted by molar-refractivity contribution is -0.141. The molecular weight excluding hydrogens is 414 g/mol. The lowest BCUT2D eigenvalue weighted by Gasteiger charge is -2.14. The average molecular weight is 430 g/mol. The van der Waals surface area contributed by atoms with Gasteiger partial charge in [0.15, 0.2) is 0 Å². The number of ether oxygens (including phenoxy) is 1. The Labute approximate surface area is 169 Å². The molecule has 0 unspecified atom stereocenters. The lowest BCUT2D eigenvalue weighted by atomic mass is 10.1. The van der Waals surface area contributed by atoms with Crippen LogP contribution in [0.4, 0.5) is 13.2 Å². The van der Waals surface area contributed by atoms with Crippen molar-refractivity contribution in [3.63, 3.8) is 0 Å². The van der Waals surface area contributed by atoms with Crippen molar-refractivity contribution in [2.75, 3.05) is 7.11 Å². The van der Waals surface area contributed by atoms with Gasteiger partial charge in [0.25, 0.3) is 0 Å². The van der Waals surface area contributed by atoms with Crippen molar-refractivity contribution < 1.29 is 22.7 Å². The number of hydrogen-bond acceptors (Lipinski definition) is 2. The van der Waals surface area contributed by atoms with Crippen molar-refractivity contribution in [1.82, 2.24) is 4.57 Å². The first kappa shape index (κ1) is 20.6. The van der Waals surface area contributed by atoms with Crippen molar-refractivity contribution in [2.24, 2.45) is 0 Å². The molecule has 28 heavy (non-hydrogen) atoms. The fourth-order valence-corrected chi connectivity index (χ4v) is 3.51. The average Bonchev–Trinajstić information content (AvgIpc) is 2.98. The monoisotopic (exact) mass is 429 g/mol. The number of alkyl halides is 3. The van der Waals surface area contributed by atoms with Crippen LogP contribution >= 0.6 is 23.2 Å². The highest BCUT2D eigenvalue weighted by Crippen LogP contribution is 2.38. The van der Waals surface area contributed by atoms with E-state index < -0.39 is 11.7 Å². The summed E-state index contributed by atoms with van der Waals surface area (Å²) in [5, 5.41) is 0.967. The summed E-state index contributed by atoms with van der Waals surface area (Å²) in [5.41, 5.74) is 0.884. The van der Waals surface area contributed by atoms with Crippen molar-refractivity contribution >= 4 is 40.1 Å². The number of nitrogens with zero attached hydrogens (tertiary/aromatic N) is 1. The number of halogens is 5. The van der Waals surface area contributed by atoms with Gasteiger partial charge in [-0.15, -0.1) is 0 Å². The van der Waals surface area contributed by atoms with Gasteiger partial charge in [0.1, 0.15) is 0 Å². The smallest absolute Gasteiger partial charge is 0.417 e. The molecule has 1 heterocycles. The molecule has 0 saturated heterocycles. The van der Waals surface area contributed by atoms with Crippen LogP contribution < -0.4 is 0 Å². The summed E-state index contributed by atoms with van der Waals surface area (Å²) in [6.45, 7) is 0.430. The van der Waals surface area contributed by atoms with Gasteiger partial charge in [0.2, 0.25) is 0 Å². The number of fused-ring (bicyclic) bond motifs is 1. The van der Waals surface area contributed by atoms with E-state index in [1.54, 1.807) is 30.3 Å². The SMILES string of the molecule is COC(=O)CCCn1c(-c2ccc(Cl)c(C(F)(F)F)c2)cc2cc(Cl)ccc21. The van der Waals surface area contributed by atoms with Gasteiger partial charge in [-0.2, -0.15) is 13.2 Å². The molecule has 148 valence electrons. The van der Waals surface area contributed by atoms with Gasteiger partial charge >= 0.3 is 12.1 Å². The van der Waals surface area contributed by atoms with E-state index in [-0.39, 0.29) is 17.4 Å². The maximum Gasteiger partial charge on any atom is 0.417 e. The third-order valence-electron chi connectivity index (χ3n) is 4.42. The number of aromatic nitrogens is 1. The highest BCUT2D eigenvalue weighted by Gasteiger charge is 2.33. The molecule has 0 N–H and O–H groups in total. The largest absolute Gasteiger partial charge is 0.469 e. The van der Waals surface area contributed by atoms with Crippen LogP contribution in [0.2, 0.25) is 10.0 Å². The number of esters is 1. The van der Waals surface area contributed by atoms with Crippen LogP contribution in [0.15, 0.2) is 42.5 Å². The summed E-state index contributed by atoms with van der Waals surface area (Å²) >= 11 is 11.8. The standard InChI is InChI=1S/C20H16Cl2F3NO2/c1-28-19(27)3-2-8-26-17-7-5-14(21)9-13(17)11-18(26)12-4-6-16(22)15(10-12)20(23,24)25/h4-7,9-11H,2-3,8H2,1H3. The molecule has 8 heteroatoms. The lowest BCUT2D eigenvalue weighted by Crippen LogP contribution is -2.07. The maximum absolute atomic E-state index is 13.3. The zero-order chi connectivity index (χ0) is 20.5. The molecule has 0 radical (unpaired) electrons. The quantitative estimate of drug-likeness (QED) is 0.428. The summed E-state index contributed by atoms with van der Waals surface area (Å²) in [6.07, 6.45) is -3.87. The van der Waals surface area contributed by atoms with Crippen molar-refractivity contribution in [1.29, 1.82) is 0 Å². The molecule has 0 aliphatic heterocycles. The molecule has 2 aromatic carbocycles. The molecule has 0 saturated carbocycles. The van der Waals surface area contributed by atoms with Gasteiger partial charge in [-0.05, 0) is 48.4 Å². The fraction of sp³-hybridized carbons (Fsp3) is 0.250. The maximum atomic E-state index is 13.3. The second kappa shape index (κ2) is 8.05. The number of rotatable bonds is 5. The molecule has 0 aliphatic carbocycles. The molecule has 0 aliphatic rings. The molecule has 1 aromatic heterocycles. The first-order valence-corrected chi connectivity index (χ1v) is 9.19. The summed E-state index contributed by atoms with van der Waals surface area (Å²) in [4.78, 5) is 11.4. The fourth-order valence-electron chi connectivity index (χ4n) is 3.11. The Morgan fingerprint density at radius 3 is 2.54 bits per heavy atom. The van der Waals surface area contributed by atoms with Crippen LogP contribution in [0, 0.1) is 0 Å². The Bertz CT molecular complexity index is 1030. The van der Waals surface area contributed by atoms with Gasteiger partial charge in [-0.25, -0.2) is 0 Å². The molecule has 3 nitrogen and oxygen atoms in total. The molecule has 0 fully saturated rings. The number of carbonyl (C=O) groups excluding carboxylic acids is 1. The Morgan fingerprint density at radius 1 is 1.11 bits per heavy atom. The predicted molar refractivity (Wildman–Crippen MR) is 104 cm³/mol. The van der Waals surface area contributed by atoms with Crippen LogP contribution in [0.1, 0.15) is 18.4 Å². The summed E-state index contributed by atoms with van der Waals surface area (Å²) in [6, 6.07) is 10.9. The second-order valence-electron chi connectivity index (χ2n) is 6.26. The number of methoxy groups -OCH3 is 1. The zero-order valence-electron chi connectivity index (χ0n) is 14.8. The van der Waals surface area contributed by atoms with Gasteiger partial charge < -0.3 is 9.30 Å². The minimum absolute atomic E-state index is 0.206. The van der Waals surface area contributed by atoms with Gasteiger partial charge in [0.05, 0.1) is 17.7 Å². The summed E-state index contributed by atoms with van der Waals surface area (Å²) in [5.74, 6) is -0.341. The minimum Gasteiger partial charge on any atom is -0.469 e. The molecule has 0 atom stereocenters. The summed E-state index contributed by atoms with van der Waals surface area (Å²) < 4.78 is 46.3. The third kappa shape index (κ3) is 4.28. The van der Waals surface area contributed by atoms with Crippen molar-refractivity contribution in [2.45, 2.75) is 25.6 Å². The zero-order valence-corrected chi connectivity index (χ0v) is 16.3. The molecule has 0 amide bonds. The second-order valence-corrected chi connectivity index (χ2v) is 7.10. The highest BCUT2D eigenvalue weighted by atomic mass is 35.5. The van der Waals surface area contributed by atoms with Crippen molar-refractivity contribution in [3.8, 4) is 11.3 Å². The number of aryl methyl sites for hydroxylation is 1. The first-order chi connectivity index (χ1) is 13.2. The van der Waals surface area contributed by atoms with E-state index in [9.17, 15) is 18.0 Å². The van der Waals surface area contributed by atoms with Crippen LogP contribution in [0.25, 0.3) is 22.2 Å². The molecular formula is C20H16Cl2F3NO2. The predicted octanol–water partition coefficient (Wildman–Crippen LogP) is 6.59. The van der Waals surface area contributed by atoms with E-state index in [0.717, 1.165) is 17.0 Å². The van der Waals surface area contributed by atoms with Crippen LogP contribution in [-0.4, -0.2) is 17.6 Å². The number of hydrogen-bond donors (Lipinski definition) is 0. The Kier molecular flexibility index (Phi) is 5.91. The van der Waals surface area contributed by atoms with Gasteiger partial charge in [-0.1, -0.05) is 29.3 Å². The van der Waals surface area contributed by atoms with E-state index >= 15 is 0 Å².